The van der Waals surface area contributed by atoms with Crippen LogP contribution in [0.1, 0.15) is 10.4 Å². The summed E-state index contributed by atoms with van der Waals surface area (Å²) in [6.07, 6.45) is 4.69. The molecule has 2 heterocycles. The highest BCUT2D eigenvalue weighted by atomic mass is 16.5. The van der Waals surface area contributed by atoms with E-state index in [9.17, 15) is 4.79 Å². The summed E-state index contributed by atoms with van der Waals surface area (Å²) in [6, 6.07) is 12.5. The molecule has 21 heavy (non-hydrogen) atoms. The van der Waals surface area contributed by atoms with Gasteiger partial charge in [0.2, 0.25) is 5.88 Å². The second kappa shape index (κ2) is 5.87. The Morgan fingerprint density at radius 3 is 2.76 bits per heavy atom. The molecule has 3 aromatic rings. The van der Waals surface area contributed by atoms with Crippen LogP contribution < -0.4 is 10.1 Å². The summed E-state index contributed by atoms with van der Waals surface area (Å²) < 4.78 is 5.65. The Kier molecular flexibility index (Phi) is 3.60. The van der Waals surface area contributed by atoms with E-state index in [-0.39, 0.29) is 11.8 Å². The van der Waals surface area contributed by atoms with Crippen molar-refractivity contribution in [1.29, 1.82) is 0 Å². The molecule has 6 heteroatoms. The zero-order valence-corrected chi connectivity index (χ0v) is 11.0. The van der Waals surface area contributed by atoms with Crippen molar-refractivity contribution in [3.05, 3.63) is 66.6 Å². The highest BCUT2D eigenvalue weighted by molar-refractivity contribution is 6.05. The summed E-state index contributed by atoms with van der Waals surface area (Å²) in [7, 11) is 0. The van der Waals surface area contributed by atoms with E-state index in [0.717, 1.165) is 0 Å². The highest BCUT2D eigenvalue weighted by Gasteiger charge is 2.14. The van der Waals surface area contributed by atoms with Gasteiger partial charge in [0.25, 0.3) is 5.91 Å². The first kappa shape index (κ1) is 12.9. The van der Waals surface area contributed by atoms with Crippen LogP contribution >= 0.6 is 0 Å². The van der Waals surface area contributed by atoms with Crippen LogP contribution in [0.2, 0.25) is 0 Å². The first-order valence-corrected chi connectivity index (χ1v) is 6.31. The monoisotopic (exact) mass is 280 g/mol. The van der Waals surface area contributed by atoms with Crippen LogP contribution in [0.4, 0.5) is 5.69 Å². The second-order valence-electron chi connectivity index (χ2n) is 4.21. The zero-order chi connectivity index (χ0) is 14.5. The smallest absolute Gasteiger partial charge is 0.261 e. The Morgan fingerprint density at radius 1 is 1.14 bits per heavy atom. The molecule has 0 aliphatic rings. The van der Waals surface area contributed by atoms with Crippen molar-refractivity contribution >= 4 is 11.6 Å². The predicted octanol–water partition coefficient (Wildman–Crippen LogP) is 2.85. The average molecular weight is 280 g/mol. The predicted molar refractivity (Wildman–Crippen MR) is 77.3 cm³/mol. The lowest BCUT2D eigenvalue weighted by Gasteiger charge is -2.09. The maximum atomic E-state index is 12.3. The minimum Gasteiger partial charge on any atom is -0.438 e. The fourth-order valence-electron chi connectivity index (χ4n) is 1.76. The molecule has 0 aliphatic carbocycles. The Balaban J connectivity index is 1.84. The molecule has 6 nitrogen and oxygen atoms in total. The van der Waals surface area contributed by atoms with Crippen LogP contribution in [0.3, 0.4) is 0 Å². The molecule has 0 atom stereocenters. The van der Waals surface area contributed by atoms with Crippen molar-refractivity contribution in [2.45, 2.75) is 0 Å². The van der Waals surface area contributed by atoms with Crippen LogP contribution in [0.25, 0.3) is 0 Å². The van der Waals surface area contributed by atoms with E-state index in [1.807, 2.05) is 18.2 Å². The van der Waals surface area contributed by atoms with Gasteiger partial charge in [-0.25, -0.2) is 4.98 Å². The summed E-state index contributed by atoms with van der Waals surface area (Å²) in [4.78, 5) is 16.4. The molecule has 1 amide bonds. The number of hydrogen-bond acceptors (Lipinski definition) is 4. The van der Waals surface area contributed by atoms with Crippen LogP contribution in [0, 0.1) is 0 Å². The van der Waals surface area contributed by atoms with Gasteiger partial charge in [0.05, 0.1) is 11.9 Å². The third-order valence-electron chi connectivity index (χ3n) is 2.73. The van der Waals surface area contributed by atoms with Gasteiger partial charge < -0.3 is 10.1 Å². The van der Waals surface area contributed by atoms with E-state index < -0.39 is 0 Å². The summed E-state index contributed by atoms with van der Waals surface area (Å²) in [5.74, 6) is 0.564. The van der Waals surface area contributed by atoms with Gasteiger partial charge in [0, 0.05) is 12.4 Å². The first-order chi connectivity index (χ1) is 10.3. The number of para-hydroxylation sites is 1. The molecule has 1 aromatic carbocycles. The Labute approximate surface area is 120 Å². The van der Waals surface area contributed by atoms with Gasteiger partial charge in [-0.15, -0.1) is 0 Å². The van der Waals surface area contributed by atoms with Crippen molar-refractivity contribution < 1.29 is 9.53 Å². The lowest BCUT2D eigenvalue weighted by Crippen LogP contribution is -2.13. The standard InChI is InChI=1S/C15H12N4O2/c20-14(19-11-9-17-18-10-11)13-7-4-8-16-15(13)21-12-5-2-1-3-6-12/h1-10H,(H,17,18)(H,19,20). The Morgan fingerprint density at radius 2 is 2.00 bits per heavy atom. The number of pyridine rings is 1. The Bertz CT molecular complexity index is 726. The molecule has 0 radical (unpaired) electrons. The summed E-state index contributed by atoms with van der Waals surface area (Å²) in [6.45, 7) is 0. The van der Waals surface area contributed by atoms with Crippen molar-refractivity contribution in [2.24, 2.45) is 0 Å². The summed E-state index contributed by atoms with van der Waals surface area (Å²) >= 11 is 0. The molecule has 3 rings (SSSR count). The van der Waals surface area contributed by atoms with Gasteiger partial charge in [-0.3, -0.25) is 9.89 Å². The van der Waals surface area contributed by atoms with Crippen LogP contribution in [-0.4, -0.2) is 21.1 Å². The summed E-state index contributed by atoms with van der Waals surface area (Å²) in [5.41, 5.74) is 0.928. The van der Waals surface area contributed by atoms with E-state index in [0.29, 0.717) is 17.0 Å². The number of benzene rings is 1. The van der Waals surface area contributed by atoms with Crippen molar-refractivity contribution in [1.82, 2.24) is 15.2 Å². The van der Waals surface area contributed by atoms with Crippen LogP contribution in [0.5, 0.6) is 11.6 Å². The lowest BCUT2D eigenvalue weighted by atomic mass is 10.2. The van der Waals surface area contributed by atoms with Crippen molar-refractivity contribution in [3.63, 3.8) is 0 Å². The third-order valence-corrected chi connectivity index (χ3v) is 2.73. The fourth-order valence-corrected chi connectivity index (χ4v) is 1.76. The molecule has 104 valence electrons. The van der Waals surface area contributed by atoms with Crippen LogP contribution in [-0.2, 0) is 0 Å². The van der Waals surface area contributed by atoms with E-state index in [1.165, 1.54) is 6.20 Å². The molecule has 0 aliphatic heterocycles. The number of aromatic amines is 1. The number of carbonyl (C=O) groups excluding carboxylic acids is 1. The van der Waals surface area contributed by atoms with Gasteiger partial charge in [-0.05, 0) is 24.3 Å². The number of H-pyrrole nitrogens is 1. The quantitative estimate of drug-likeness (QED) is 0.770. The number of nitrogens with zero attached hydrogens (tertiary/aromatic N) is 2. The van der Waals surface area contributed by atoms with E-state index in [1.54, 1.807) is 36.7 Å². The molecule has 0 saturated heterocycles. The number of hydrogen-bond donors (Lipinski definition) is 2. The van der Waals surface area contributed by atoms with Crippen molar-refractivity contribution in [3.8, 4) is 11.6 Å². The van der Waals surface area contributed by atoms with Gasteiger partial charge >= 0.3 is 0 Å². The minimum absolute atomic E-state index is 0.254. The highest BCUT2D eigenvalue weighted by Crippen LogP contribution is 2.23. The fraction of sp³-hybridized carbons (Fsp3) is 0. The number of aromatic nitrogens is 3. The van der Waals surface area contributed by atoms with Crippen molar-refractivity contribution in [2.75, 3.05) is 5.32 Å². The maximum absolute atomic E-state index is 12.3. The largest absolute Gasteiger partial charge is 0.438 e. The molecule has 0 bridgehead atoms. The Hall–Kier alpha value is -3.15. The number of ether oxygens (including phenoxy) is 1. The number of rotatable bonds is 4. The second-order valence-corrected chi connectivity index (χ2v) is 4.21. The summed E-state index contributed by atoms with van der Waals surface area (Å²) in [5, 5.41) is 9.11. The number of anilines is 1. The molecule has 2 aromatic heterocycles. The molecule has 0 unspecified atom stereocenters. The van der Waals surface area contributed by atoms with Gasteiger partial charge in [-0.2, -0.15) is 5.10 Å². The van der Waals surface area contributed by atoms with E-state index >= 15 is 0 Å². The van der Waals surface area contributed by atoms with Gasteiger partial charge in [0.1, 0.15) is 11.3 Å². The first-order valence-electron chi connectivity index (χ1n) is 6.31. The van der Waals surface area contributed by atoms with Gasteiger partial charge in [0.15, 0.2) is 0 Å². The number of amides is 1. The minimum atomic E-state index is -0.310. The topological polar surface area (TPSA) is 79.9 Å². The van der Waals surface area contributed by atoms with Gasteiger partial charge in [-0.1, -0.05) is 18.2 Å². The molecular weight excluding hydrogens is 268 g/mol. The number of carbonyl (C=O) groups is 1. The van der Waals surface area contributed by atoms with E-state index in [4.69, 9.17) is 4.74 Å². The third kappa shape index (κ3) is 3.06. The molecule has 2 N–H and O–H groups in total. The van der Waals surface area contributed by atoms with Crippen LogP contribution in [0.15, 0.2) is 61.1 Å². The maximum Gasteiger partial charge on any atom is 0.261 e. The molecule has 0 fully saturated rings. The molecule has 0 saturated carbocycles. The van der Waals surface area contributed by atoms with E-state index in [2.05, 4.69) is 20.5 Å². The SMILES string of the molecule is O=C(Nc1cn[nH]c1)c1cccnc1Oc1ccccc1. The average Bonchev–Trinajstić information content (AvgIpc) is 3.02. The molecular formula is C15H12N4O2. The normalized spacial score (nSPS) is 10.1. The molecule has 0 spiro atoms. The lowest BCUT2D eigenvalue weighted by molar-refractivity contribution is 0.102. The number of nitrogens with one attached hydrogen (secondary N) is 2. The zero-order valence-electron chi connectivity index (χ0n) is 11.0.